The van der Waals surface area contributed by atoms with Gasteiger partial charge in [-0.2, -0.15) is 13.2 Å². The third kappa shape index (κ3) is 5.06. The third-order valence-electron chi connectivity index (χ3n) is 8.84. The lowest BCUT2D eigenvalue weighted by molar-refractivity contribution is -0.177. The molecule has 1 amide bonds. The number of benzene rings is 1. The fourth-order valence-corrected chi connectivity index (χ4v) is 7.07. The van der Waals surface area contributed by atoms with Gasteiger partial charge >= 0.3 is 6.18 Å². The van der Waals surface area contributed by atoms with Crippen molar-refractivity contribution in [2.24, 2.45) is 17.6 Å². The number of fused-ring (bicyclic) bond motifs is 3. The molecule has 10 nitrogen and oxygen atoms in total. The number of hydrogen-bond acceptors (Lipinski definition) is 9. The number of primary amides is 1. The molecular weight excluding hydrogens is 625 g/mol. The molecule has 4 aliphatic rings. The maximum atomic E-state index is 15.9. The van der Waals surface area contributed by atoms with Gasteiger partial charge in [-0.25, -0.2) is 4.39 Å². The number of carbonyl (C=O) groups is 3. The molecule has 43 heavy (non-hydrogen) atoms. The summed E-state index contributed by atoms with van der Waals surface area (Å²) in [5.41, 5.74) is 0.131. The summed E-state index contributed by atoms with van der Waals surface area (Å²) in [6.45, 7) is -0.385. The van der Waals surface area contributed by atoms with Gasteiger partial charge in [0.2, 0.25) is 5.78 Å². The Bertz CT molecular complexity index is 1450. The van der Waals surface area contributed by atoms with Crippen molar-refractivity contribution in [3.63, 3.8) is 0 Å². The minimum absolute atomic E-state index is 0. The number of hydrogen-bond donors (Lipinski definition) is 5. The number of aliphatic hydroxyl groups excluding tert-OH is 2. The first-order valence-corrected chi connectivity index (χ1v) is 13.0. The molecule has 2 fully saturated rings. The maximum absolute atomic E-state index is 15.9. The number of likely N-dealkylation sites (N-methyl/N-ethyl adjacent to an activating group) is 1. The predicted molar refractivity (Wildman–Crippen MR) is 148 cm³/mol. The first kappa shape index (κ1) is 34.6. The molecule has 6 N–H and O–H groups in total. The fourth-order valence-electron chi connectivity index (χ4n) is 7.07. The number of halogens is 6. The Kier molecular flexibility index (Phi) is 9.28. The van der Waals surface area contributed by atoms with E-state index in [4.69, 9.17) is 5.73 Å². The lowest BCUT2D eigenvalue weighted by Crippen LogP contribution is -2.65. The van der Waals surface area contributed by atoms with Crippen molar-refractivity contribution in [1.82, 2.24) is 9.80 Å². The molecular formula is C27H31Cl2F4N3O7. The van der Waals surface area contributed by atoms with Crippen LogP contribution in [0.4, 0.5) is 17.6 Å². The lowest BCUT2D eigenvalue weighted by atomic mass is 9.57. The number of carbonyl (C=O) groups excluding carboxylic acids is 3. The average Bonchev–Trinajstić information content (AvgIpc) is 3.33. The molecule has 1 saturated heterocycles. The molecule has 0 spiro atoms. The molecule has 0 unspecified atom stereocenters. The van der Waals surface area contributed by atoms with Gasteiger partial charge < -0.3 is 26.2 Å². The van der Waals surface area contributed by atoms with Gasteiger partial charge in [0.1, 0.15) is 34.7 Å². The Hall–Kier alpha value is -2.91. The number of nitrogens with two attached hydrogens (primary N) is 1. The molecule has 0 bridgehead atoms. The summed E-state index contributed by atoms with van der Waals surface area (Å²) < 4.78 is 56.3. The van der Waals surface area contributed by atoms with E-state index in [1.54, 1.807) is 0 Å². The molecule has 1 heterocycles. The van der Waals surface area contributed by atoms with E-state index < -0.39 is 99.5 Å². The van der Waals surface area contributed by atoms with Crippen molar-refractivity contribution in [3.05, 3.63) is 45.5 Å². The van der Waals surface area contributed by atoms with Crippen LogP contribution in [0.2, 0.25) is 0 Å². The summed E-state index contributed by atoms with van der Waals surface area (Å²) in [4.78, 5) is 41.3. The van der Waals surface area contributed by atoms with E-state index in [1.807, 2.05) is 0 Å². The highest BCUT2D eigenvalue weighted by molar-refractivity contribution is 6.24. The second kappa shape index (κ2) is 11.5. The summed E-state index contributed by atoms with van der Waals surface area (Å²) in [5, 5.41) is 44.3. The molecule has 1 aromatic rings. The molecule has 16 heteroatoms. The number of aromatic hydroxyl groups is 1. The highest BCUT2D eigenvalue weighted by atomic mass is 35.5. The number of alkyl halides is 3. The molecule has 0 radical (unpaired) electrons. The highest BCUT2D eigenvalue weighted by Gasteiger charge is 2.64. The van der Waals surface area contributed by atoms with E-state index in [0.717, 1.165) is 11.0 Å². The highest BCUT2D eigenvalue weighted by Crippen LogP contribution is 2.53. The second-order valence-corrected chi connectivity index (χ2v) is 11.4. The zero-order chi connectivity index (χ0) is 30.3. The molecule has 1 aromatic carbocycles. The van der Waals surface area contributed by atoms with E-state index in [1.165, 1.54) is 19.0 Å². The van der Waals surface area contributed by atoms with Crippen molar-refractivity contribution >= 4 is 48.0 Å². The summed E-state index contributed by atoms with van der Waals surface area (Å²) in [6, 6.07) is -2.18. The predicted octanol–water partition coefficient (Wildman–Crippen LogP) is 2.47. The number of nitrogens with zero attached hydrogens (tertiary/aromatic N) is 2. The van der Waals surface area contributed by atoms with Crippen LogP contribution < -0.4 is 5.73 Å². The number of rotatable bonds is 4. The van der Waals surface area contributed by atoms with Crippen LogP contribution in [-0.2, 0) is 27.3 Å². The van der Waals surface area contributed by atoms with Crippen LogP contribution in [0.25, 0.3) is 5.76 Å². The number of likely N-dealkylation sites (tertiary alicyclic amines) is 1. The normalized spacial score (nSPS) is 29.1. The minimum Gasteiger partial charge on any atom is -0.508 e. The zero-order valence-corrected chi connectivity index (χ0v) is 24.6. The number of aliphatic hydroxyl groups is 3. The fraction of sp³-hybridized carbons (Fsp3) is 0.519. The number of phenols is 1. The standard InChI is InChI=1S/C27H29F4N3O7.2ClH/c1-33(2)20-13-7-10-6-12-17(14(35)8-11(19(12)28)9-34-5-3-4-15(34)27(29,30)31)21(36)16(10)23(38)26(13,41)24(39)18(22(20)37)25(32)40;;/h8,10,13,15,20,35-36,39,41H,3-7,9H2,1-2H3,(H2,32,40);2*1H/t10-,13-,15-,20-,26-;;/m0../s1. The first-order valence-electron chi connectivity index (χ1n) is 13.0. The first-order chi connectivity index (χ1) is 19.0. The van der Waals surface area contributed by atoms with Crippen LogP contribution in [-0.4, -0.2) is 92.2 Å². The molecule has 238 valence electrons. The molecule has 5 atom stereocenters. The Balaban J connectivity index is 0.00000253. The quantitative estimate of drug-likeness (QED) is 0.242. The Morgan fingerprint density at radius 3 is 2.37 bits per heavy atom. The van der Waals surface area contributed by atoms with Crippen molar-refractivity contribution in [2.45, 2.75) is 56.1 Å². The molecule has 3 aliphatic carbocycles. The molecule has 1 saturated carbocycles. The number of amides is 1. The van der Waals surface area contributed by atoms with E-state index in [9.17, 15) is 48.0 Å². The maximum Gasteiger partial charge on any atom is 0.404 e. The molecule has 0 aromatic heterocycles. The number of ketones is 2. The summed E-state index contributed by atoms with van der Waals surface area (Å²) in [5.74, 6) is -9.64. The van der Waals surface area contributed by atoms with Crippen LogP contribution in [0.1, 0.15) is 36.0 Å². The van der Waals surface area contributed by atoms with Crippen LogP contribution in [0.3, 0.4) is 0 Å². The summed E-state index contributed by atoms with van der Waals surface area (Å²) >= 11 is 0. The van der Waals surface area contributed by atoms with Gasteiger partial charge in [-0.1, -0.05) is 0 Å². The van der Waals surface area contributed by atoms with Crippen molar-refractivity contribution in [3.8, 4) is 5.75 Å². The lowest BCUT2D eigenvalue weighted by Gasteiger charge is -2.50. The zero-order valence-electron chi connectivity index (χ0n) is 22.9. The topological polar surface area (TPSA) is 165 Å². The van der Waals surface area contributed by atoms with Crippen molar-refractivity contribution in [1.29, 1.82) is 0 Å². The third-order valence-corrected chi connectivity index (χ3v) is 8.84. The minimum atomic E-state index is -4.52. The van der Waals surface area contributed by atoms with Gasteiger partial charge in [0.25, 0.3) is 5.91 Å². The van der Waals surface area contributed by atoms with Gasteiger partial charge in [-0.3, -0.25) is 24.2 Å². The van der Waals surface area contributed by atoms with Gasteiger partial charge in [0.05, 0.1) is 11.6 Å². The smallest absolute Gasteiger partial charge is 0.404 e. The van der Waals surface area contributed by atoms with Gasteiger partial charge in [-0.15, -0.1) is 24.8 Å². The Morgan fingerprint density at radius 1 is 1.19 bits per heavy atom. The van der Waals surface area contributed by atoms with E-state index >= 15 is 4.39 Å². The summed E-state index contributed by atoms with van der Waals surface area (Å²) in [7, 11) is 2.90. The van der Waals surface area contributed by atoms with Crippen LogP contribution in [0, 0.1) is 17.7 Å². The van der Waals surface area contributed by atoms with Crippen LogP contribution in [0.15, 0.2) is 23.0 Å². The van der Waals surface area contributed by atoms with Gasteiger partial charge in [0, 0.05) is 29.2 Å². The van der Waals surface area contributed by atoms with E-state index in [0.29, 0.717) is 0 Å². The Morgan fingerprint density at radius 2 is 1.81 bits per heavy atom. The monoisotopic (exact) mass is 655 g/mol. The van der Waals surface area contributed by atoms with Crippen molar-refractivity contribution in [2.75, 3.05) is 20.6 Å². The largest absolute Gasteiger partial charge is 0.508 e. The van der Waals surface area contributed by atoms with Crippen LogP contribution in [0.5, 0.6) is 5.75 Å². The van der Waals surface area contributed by atoms with Crippen molar-refractivity contribution < 1.29 is 52.4 Å². The van der Waals surface area contributed by atoms with E-state index in [-0.39, 0.29) is 68.2 Å². The average molecular weight is 656 g/mol. The number of Topliss-reactive ketones (excluding diaryl/α,β-unsaturated/α-hetero) is 2. The second-order valence-electron chi connectivity index (χ2n) is 11.4. The SMILES string of the molecule is CN(C)[C@@H]1C(=O)C(C(N)=O)=C(O)[C@@]2(O)C(=O)C3=C(O)c4c(O)cc(CN5CCC[C@H]5C(F)(F)F)c(F)c4C[C@H]3C[C@@H]12.Cl.Cl. The van der Waals surface area contributed by atoms with Crippen LogP contribution >= 0.6 is 24.8 Å². The van der Waals surface area contributed by atoms with E-state index in [2.05, 4.69) is 0 Å². The molecule has 1 aliphatic heterocycles. The van der Waals surface area contributed by atoms with Gasteiger partial charge in [0.15, 0.2) is 11.4 Å². The van der Waals surface area contributed by atoms with Gasteiger partial charge in [-0.05, 0) is 58.3 Å². The Labute approximate surface area is 255 Å². The summed E-state index contributed by atoms with van der Waals surface area (Å²) in [6.07, 6.45) is -4.95. The molecule has 5 rings (SSSR count). The number of phenolic OH excluding ortho intramolecular Hbond substituents is 1.